The lowest BCUT2D eigenvalue weighted by Crippen LogP contribution is -2.20. The van der Waals surface area contributed by atoms with E-state index < -0.39 is 5.97 Å². The number of nitrogens with zero attached hydrogens (tertiary/aromatic N) is 2. The second-order valence-corrected chi connectivity index (χ2v) is 3.99. The molecule has 0 heterocycles. The van der Waals surface area contributed by atoms with Gasteiger partial charge in [-0.2, -0.15) is 4.79 Å². The van der Waals surface area contributed by atoms with Crippen molar-refractivity contribution in [3.8, 4) is 0 Å². The molecule has 4 nitrogen and oxygen atoms in total. The topological polar surface area (TPSA) is 62.7 Å². The molecule has 0 atom stereocenters. The molecule has 0 aliphatic carbocycles. The van der Waals surface area contributed by atoms with Gasteiger partial charge in [0.2, 0.25) is 0 Å². The number of ether oxygens (including phenoxy) is 1. The van der Waals surface area contributed by atoms with Crippen LogP contribution in [0, 0.1) is 0 Å². The van der Waals surface area contributed by atoms with Crippen LogP contribution in [0.25, 0.3) is 5.53 Å². The van der Waals surface area contributed by atoms with Crippen LogP contribution >= 0.6 is 15.9 Å². The summed E-state index contributed by atoms with van der Waals surface area (Å²) in [5, 5.41) is 0. The third-order valence-corrected chi connectivity index (χ3v) is 2.45. The molecule has 1 aromatic carbocycles. The molecule has 0 saturated heterocycles. The largest absolute Gasteiger partial charge is 0.457 e. The SMILES string of the molecule is CCOC(=O)C(Cc1ccc(Br)cc1)=[N+]=[N-]. The zero-order valence-electron chi connectivity index (χ0n) is 8.81. The molecule has 0 fully saturated rings. The van der Waals surface area contributed by atoms with Crippen LogP contribution < -0.4 is 0 Å². The second-order valence-electron chi connectivity index (χ2n) is 3.07. The zero-order valence-corrected chi connectivity index (χ0v) is 10.4. The van der Waals surface area contributed by atoms with E-state index in [1.54, 1.807) is 6.92 Å². The van der Waals surface area contributed by atoms with E-state index in [9.17, 15) is 4.79 Å². The minimum atomic E-state index is -0.590. The van der Waals surface area contributed by atoms with Gasteiger partial charge < -0.3 is 10.3 Å². The van der Waals surface area contributed by atoms with Crippen molar-refractivity contribution in [3.05, 3.63) is 39.8 Å². The standard InChI is InChI=1S/C11H11BrN2O2/c1-2-16-11(15)10(14-13)7-8-3-5-9(12)6-4-8/h3-6H,2,7H2,1H3. The fourth-order valence-electron chi connectivity index (χ4n) is 1.16. The van der Waals surface area contributed by atoms with E-state index in [2.05, 4.69) is 20.7 Å². The van der Waals surface area contributed by atoms with Crippen molar-refractivity contribution in [2.24, 2.45) is 0 Å². The highest BCUT2D eigenvalue weighted by atomic mass is 79.9. The molecule has 0 aliphatic rings. The van der Waals surface area contributed by atoms with Gasteiger partial charge in [0.15, 0.2) is 0 Å². The van der Waals surface area contributed by atoms with E-state index in [1.807, 2.05) is 24.3 Å². The third-order valence-electron chi connectivity index (χ3n) is 1.92. The average molecular weight is 283 g/mol. The Morgan fingerprint density at radius 2 is 2.06 bits per heavy atom. The number of hydrogen-bond acceptors (Lipinski definition) is 2. The van der Waals surface area contributed by atoms with Gasteiger partial charge in [0.25, 0.3) is 0 Å². The van der Waals surface area contributed by atoms with Crippen LogP contribution in [0.5, 0.6) is 0 Å². The van der Waals surface area contributed by atoms with Gasteiger partial charge in [-0.1, -0.05) is 28.1 Å². The summed E-state index contributed by atoms with van der Waals surface area (Å²) < 4.78 is 5.71. The van der Waals surface area contributed by atoms with E-state index in [4.69, 9.17) is 10.3 Å². The van der Waals surface area contributed by atoms with Gasteiger partial charge in [0.05, 0.1) is 13.0 Å². The summed E-state index contributed by atoms with van der Waals surface area (Å²) in [6.07, 6.45) is 0.253. The van der Waals surface area contributed by atoms with Gasteiger partial charge in [-0.25, -0.2) is 4.79 Å². The van der Waals surface area contributed by atoms with Crippen molar-refractivity contribution in [1.82, 2.24) is 0 Å². The van der Waals surface area contributed by atoms with Gasteiger partial charge in [-0.05, 0) is 24.6 Å². The molecule has 5 heteroatoms. The third kappa shape index (κ3) is 3.61. The molecule has 1 rings (SSSR count). The van der Waals surface area contributed by atoms with Crippen LogP contribution in [0.4, 0.5) is 0 Å². The van der Waals surface area contributed by atoms with Crippen molar-refractivity contribution < 1.29 is 14.3 Å². The monoisotopic (exact) mass is 282 g/mol. The van der Waals surface area contributed by atoms with Gasteiger partial charge in [0, 0.05) is 4.47 Å². The molecule has 0 saturated carbocycles. The fourth-order valence-corrected chi connectivity index (χ4v) is 1.42. The minimum absolute atomic E-state index is 0.00386. The Morgan fingerprint density at radius 1 is 1.44 bits per heavy atom. The van der Waals surface area contributed by atoms with Crippen LogP contribution in [-0.4, -0.2) is 23.1 Å². The Balaban J connectivity index is 2.75. The van der Waals surface area contributed by atoms with Crippen LogP contribution in [0.2, 0.25) is 0 Å². The van der Waals surface area contributed by atoms with E-state index in [-0.39, 0.29) is 18.7 Å². The van der Waals surface area contributed by atoms with Gasteiger partial charge in [-0.15, -0.1) is 0 Å². The van der Waals surface area contributed by atoms with Crippen LogP contribution in [0.1, 0.15) is 12.5 Å². The molecule has 0 N–H and O–H groups in total. The molecule has 0 radical (unpaired) electrons. The van der Waals surface area contributed by atoms with Crippen molar-refractivity contribution in [3.63, 3.8) is 0 Å². The Morgan fingerprint density at radius 3 is 2.56 bits per heavy atom. The summed E-state index contributed by atoms with van der Waals surface area (Å²) in [6, 6.07) is 7.40. The molecule has 0 bridgehead atoms. The van der Waals surface area contributed by atoms with E-state index >= 15 is 0 Å². The highest BCUT2D eigenvalue weighted by Gasteiger charge is 2.21. The maximum absolute atomic E-state index is 11.3. The van der Waals surface area contributed by atoms with Gasteiger partial charge in [0.1, 0.15) is 0 Å². The summed E-state index contributed by atoms with van der Waals surface area (Å²) in [5.74, 6) is -0.590. The number of carbonyl (C=O) groups excluding carboxylic acids is 1. The Hall–Kier alpha value is -1.45. The smallest absolute Gasteiger partial charge is 0.417 e. The molecule has 16 heavy (non-hydrogen) atoms. The number of halogens is 1. The summed E-state index contributed by atoms with van der Waals surface area (Å²) in [4.78, 5) is 14.3. The molecule has 0 aromatic heterocycles. The highest BCUT2D eigenvalue weighted by Crippen LogP contribution is 2.11. The number of carbonyl (C=O) groups is 1. The maximum Gasteiger partial charge on any atom is 0.417 e. The van der Waals surface area contributed by atoms with Crippen molar-refractivity contribution in [2.45, 2.75) is 13.3 Å². The van der Waals surface area contributed by atoms with Crippen molar-refractivity contribution in [2.75, 3.05) is 6.61 Å². The predicted octanol–water partition coefficient (Wildman–Crippen LogP) is 2.23. The van der Waals surface area contributed by atoms with Crippen LogP contribution in [0.3, 0.4) is 0 Å². The summed E-state index contributed by atoms with van der Waals surface area (Å²) in [6.45, 7) is 1.96. The number of benzene rings is 1. The van der Waals surface area contributed by atoms with Crippen LogP contribution in [-0.2, 0) is 16.0 Å². The Bertz CT molecular complexity index is 422. The number of esters is 1. The summed E-state index contributed by atoms with van der Waals surface area (Å²) in [5.41, 5.74) is 9.60. The molecule has 1 aromatic rings. The molecular formula is C11H11BrN2O2. The summed E-state index contributed by atoms with van der Waals surface area (Å²) >= 11 is 3.31. The van der Waals surface area contributed by atoms with E-state index in [0.717, 1.165) is 10.0 Å². The first kappa shape index (κ1) is 12.6. The molecule has 0 aliphatic heterocycles. The molecular weight excluding hydrogens is 272 g/mol. The molecule has 0 spiro atoms. The number of hydrogen-bond donors (Lipinski definition) is 0. The quantitative estimate of drug-likeness (QED) is 0.368. The molecule has 0 amide bonds. The maximum atomic E-state index is 11.3. The van der Waals surface area contributed by atoms with Crippen molar-refractivity contribution in [1.29, 1.82) is 0 Å². The predicted molar refractivity (Wildman–Crippen MR) is 63.1 cm³/mol. The first-order valence-corrected chi connectivity index (χ1v) is 5.59. The summed E-state index contributed by atoms with van der Waals surface area (Å²) in [7, 11) is 0. The average Bonchev–Trinajstić information content (AvgIpc) is 2.28. The first-order chi connectivity index (χ1) is 7.67. The van der Waals surface area contributed by atoms with Gasteiger partial charge >= 0.3 is 11.7 Å². The fraction of sp³-hybridized carbons (Fsp3) is 0.273. The Labute approximate surface area is 102 Å². The van der Waals surface area contributed by atoms with Crippen LogP contribution in [0.15, 0.2) is 28.7 Å². The first-order valence-electron chi connectivity index (χ1n) is 4.80. The minimum Gasteiger partial charge on any atom is -0.457 e. The molecule has 84 valence electrons. The van der Waals surface area contributed by atoms with Crippen molar-refractivity contribution >= 4 is 27.6 Å². The second kappa shape index (κ2) is 6.20. The number of rotatable bonds is 4. The normalized spacial score (nSPS) is 9.38. The highest BCUT2D eigenvalue weighted by molar-refractivity contribution is 9.10. The van der Waals surface area contributed by atoms with Gasteiger partial charge in [-0.3, -0.25) is 0 Å². The van der Waals surface area contributed by atoms with E-state index in [1.165, 1.54) is 0 Å². The lowest BCUT2D eigenvalue weighted by Gasteiger charge is -1.98. The molecule has 0 unspecified atom stereocenters. The van der Waals surface area contributed by atoms with E-state index in [0.29, 0.717) is 0 Å². The lowest BCUT2D eigenvalue weighted by atomic mass is 10.1. The Kier molecular flexibility index (Phi) is 4.89. The lowest BCUT2D eigenvalue weighted by molar-refractivity contribution is -0.140. The zero-order chi connectivity index (χ0) is 12.0.